The molecule has 0 aliphatic rings. The van der Waals surface area contributed by atoms with Gasteiger partial charge in [0.1, 0.15) is 9.50 Å². The van der Waals surface area contributed by atoms with E-state index in [1.807, 2.05) is 0 Å². The highest BCUT2D eigenvalue weighted by Crippen LogP contribution is 2.28. The summed E-state index contributed by atoms with van der Waals surface area (Å²) in [6.45, 7) is 0. The van der Waals surface area contributed by atoms with Crippen molar-refractivity contribution in [2.45, 2.75) is 4.90 Å². The highest BCUT2D eigenvalue weighted by Gasteiger charge is 2.21. The molecule has 1 heterocycles. The summed E-state index contributed by atoms with van der Waals surface area (Å²) in [4.78, 5) is 7.75. The predicted molar refractivity (Wildman–Crippen MR) is 83.6 cm³/mol. The van der Waals surface area contributed by atoms with Gasteiger partial charge in [0.05, 0.1) is 18.3 Å². The number of ether oxygens (including phenoxy) is 1. The van der Waals surface area contributed by atoms with E-state index in [0.717, 1.165) is 0 Å². The highest BCUT2D eigenvalue weighted by atomic mass is 79.9. The Kier molecular flexibility index (Phi) is 4.92. The first-order valence-electron chi connectivity index (χ1n) is 5.38. The number of methoxy groups -OCH3 is 1. The molecule has 0 bridgehead atoms. The second-order valence-electron chi connectivity index (χ2n) is 3.73. The average molecular weight is 413 g/mol. The van der Waals surface area contributed by atoms with Crippen LogP contribution in [0.1, 0.15) is 0 Å². The summed E-state index contributed by atoms with van der Waals surface area (Å²) in [5, 5.41) is 0.332. The Morgan fingerprint density at radius 3 is 2.67 bits per heavy atom. The van der Waals surface area contributed by atoms with Gasteiger partial charge in [-0.1, -0.05) is 23.2 Å². The fourth-order valence-corrected chi connectivity index (χ4v) is 3.48. The molecule has 2 aromatic rings. The quantitative estimate of drug-likeness (QED) is 0.832. The number of rotatable bonds is 4. The van der Waals surface area contributed by atoms with Crippen LogP contribution in [0.15, 0.2) is 33.9 Å². The number of nitrogens with zero attached hydrogens (tertiary/aromatic N) is 2. The van der Waals surface area contributed by atoms with Crippen LogP contribution < -0.4 is 9.46 Å². The third-order valence-corrected chi connectivity index (χ3v) is 4.76. The zero-order valence-electron chi connectivity index (χ0n) is 10.5. The van der Waals surface area contributed by atoms with Crippen LogP contribution in [0.5, 0.6) is 5.88 Å². The van der Waals surface area contributed by atoms with Crippen LogP contribution in [0, 0.1) is 0 Å². The Morgan fingerprint density at radius 1 is 1.33 bits per heavy atom. The van der Waals surface area contributed by atoms with Crippen LogP contribution in [0.2, 0.25) is 10.0 Å². The van der Waals surface area contributed by atoms with Gasteiger partial charge in [-0.05, 0) is 34.1 Å². The molecule has 0 amide bonds. The van der Waals surface area contributed by atoms with Crippen LogP contribution in [-0.2, 0) is 10.0 Å². The molecule has 0 unspecified atom stereocenters. The molecule has 0 aliphatic heterocycles. The predicted octanol–water partition coefficient (Wildman–Crippen LogP) is 3.36. The van der Waals surface area contributed by atoms with Gasteiger partial charge in [-0.15, -0.1) is 0 Å². The van der Waals surface area contributed by atoms with Gasteiger partial charge in [0.2, 0.25) is 5.82 Å². The maximum Gasteiger partial charge on any atom is 0.264 e. The van der Waals surface area contributed by atoms with Crippen LogP contribution in [0.25, 0.3) is 0 Å². The Labute approximate surface area is 139 Å². The monoisotopic (exact) mass is 411 g/mol. The van der Waals surface area contributed by atoms with E-state index in [2.05, 4.69) is 30.6 Å². The first kappa shape index (κ1) is 16.3. The number of aromatic nitrogens is 2. The lowest BCUT2D eigenvalue weighted by Gasteiger charge is -2.11. The van der Waals surface area contributed by atoms with E-state index in [4.69, 9.17) is 27.9 Å². The van der Waals surface area contributed by atoms with Gasteiger partial charge in [-0.25, -0.2) is 18.4 Å². The number of sulfonamides is 1. The smallest absolute Gasteiger partial charge is 0.264 e. The topological polar surface area (TPSA) is 81.2 Å². The van der Waals surface area contributed by atoms with Crippen molar-refractivity contribution in [2.75, 3.05) is 11.8 Å². The van der Waals surface area contributed by atoms with E-state index in [-0.39, 0.29) is 21.6 Å². The second kappa shape index (κ2) is 6.35. The van der Waals surface area contributed by atoms with Gasteiger partial charge in [0.15, 0.2) is 0 Å². The molecule has 10 heteroatoms. The normalized spacial score (nSPS) is 11.2. The van der Waals surface area contributed by atoms with Gasteiger partial charge in [0.25, 0.3) is 15.9 Å². The molecule has 0 fully saturated rings. The van der Waals surface area contributed by atoms with Crippen molar-refractivity contribution in [1.82, 2.24) is 9.97 Å². The summed E-state index contributed by atoms with van der Waals surface area (Å²) >= 11 is 14.8. The standard InChI is InChI=1S/C11H8BrCl2N3O3S/c1-20-11-10(15-5-9(12)16-11)17-21(18,19)8-3-2-6(13)4-7(8)14/h2-5H,1H3,(H,15,17). The highest BCUT2D eigenvalue weighted by molar-refractivity contribution is 9.10. The molecule has 1 aromatic carbocycles. The molecule has 0 spiro atoms. The SMILES string of the molecule is COc1nc(Br)cnc1NS(=O)(=O)c1ccc(Cl)cc1Cl. The van der Waals surface area contributed by atoms with E-state index < -0.39 is 10.0 Å². The first-order valence-corrected chi connectivity index (χ1v) is 8.41. The minimum atomic E-state index is -3.94. The number of halogens is 3. The summed E-state index contributed by atoms with van der Waals surface area (Å²) < 4.78 is 32.3. The van der Waals surface area contributed by atoms with Gasteiger partial charge < -0.3 is 4.74 Å². The van der Waals surface area contributed by atoms with E-state index in [9.17, 15) is 8.42 Å². The van der Waals surface area contributed by atoms with Crippen LogP contribution in [-0.4, -0.2) is 25.5 Å². The molecule has 21 heavy (non-hydrogen) atoms. The Bertz CT molecular complexity index is 786. The van der Waals surface area contributed by atoms with Crippen molar-refractivity contribution < 1.29 is 13.2 Å². The molecule has 1 aromatic heterocycles. The molecule has 6 nitrogen and oxygen atoms in total. The zero-order valence-corrected chi connectivity index (χ0v) is 14.4. The summed E-state index contributed by atoms with van der Waals surface area (Å²) in [7, 11) is -2.59. The van der Waals surface area contributed by atoms with Crippen molar-refractivity contribution in [1.29, 1.82) is 0 Å². The van der Waals surface area contributed by atoms with Gasteiger partial charge >= 0.3 is 0 Å². The maximum absolute atomic E-state index is 12.3. The molecular weight excluding hydrogens is 405 g/mol. The van der Waals surface area contributed by atoms with E-state index >= 15 is 0 Å². The minimum Gasteiger partial charge on any atom is -0.478 e. The van der Waals surface area contributed by atoms with Crippen molar-refractivity contribution in [2.24, 2.45) is 0 Å². The number of hydrogen-bond acceptors (Lipinski definition) is 5. The average Bonchev–Trinajstić information content (AvgIpc) is 2.40. The number of anilines is 1. The van der Waals surface area contributed by atoms with E-state index in [0.29, 0.717) is 9.63 Å². The van der Waals surface area contributed by atoms with Crippen molar-refractivity contribution in [3.8, 4) is 5.88 Å². The van der Waals surface area contributed by atoms with Crippen LogP contribution in [0.4, 0.5) is 5.82 Å². The maximum atomic E-state index is 12.3. The summed E-state index contributed by atoms with van der Waals surface area (Å²) in [6, 6.07) is 4.06. The van der Waals surface area contributed by atoms with E-state index in [1.54, 1.807) is 0 Å². The fourth-order valence-electron chi connectivity index (χ4n) is 1.44. The minimum absolute atomic E-state index is 0.000891. The summed E-state index contributed by atoms with van der Waals surface area (Å²) in [5.74, 6) is -0.0234. The molecule has 1 N–H and O–H groups in total. The number of nitrogens with one attached hydrogen (secondary N) is 1. The molecule has 0 radical (unpaired) electrons. The third-order valence-electron chi connectivity index (χ3n) is 2.32. The molecule has 0 saturated carbocycles. The number of hydrogen-bond donors (Lipinski definition) is 1. The van der Waals surface area contributed by atoms with Crippen LogP contribution >= 0.6 is 39.1 Å². The molecule has 112 valence electrons. The Balaban J connectivity index is 2.42. The van der Waals surface area contributed by atoms with Crippen molar-refractivity contribution in [3.63, 3.8) is 0 Å². The molecule has 2 rings (SSSR count). The van der Waals surface area contributed by atoms with Crippen molar-refractivity contribution >= 4 is 55.0 Å². The van der Waals surface area contributed by atoms with Gasteiger partial charge in [-0.2, -0.15) is 0 Å². The lowest BCUT2D eigenvalue weighted by atomic mass is 10.4. The lowest BCUT2D eigenvalue weighted by Crippen LogP contribution is -2.15. The molecule has 0 saturated heterocycles. The molecular formula is C11H8BrCl2N3O3S. The van der Waals surface area contributed by atoms with Crippen LogP contribution in [0.3, 0.4) is 0 Å². The zero-order chi connectivity index (χ0) is 15.6. The van der Waals surface area contributed by atoms with Gasteiger partial charge in [0, 0.05) is 5.02 Å². The third kappa shape index (κ3) is 3.76. The fraction of sp³-hybridized carbons (Fsp3) is 0.0909. The largest absolute Gasteiger partial charge is 0.478 e. The van der Waals surface area contributed by atoms with Gasteiger partial charge in [-0.3, -0.25) is 4.72 Å². The Morgan fingerprint density at radius 2 is 2.05 bits per heavy atom. The van der Waals surface area contributed by atoms with E-state index in [1.165, 1.54) is 31.5 Å². The lowest BCUT2D eigenvalue weighted by molar-refractivity contribution is 0.397. The first-order chi connectivity index (χ1) is 9.83. The molecule has 0 aliphatic carbocycles. The second-order valence-corrected chi connectivity index (χ2v) is 7.04. The Hall–Kier alpha value is -1.09. The molecule has 0 atom stereocenters. The van der Waals surface area contributed by atoms with Crippen molar-refractivity contribution in [3.05, 3.63) is 39.0 Å². The summed E-state index contributed by atoms with van der Waals surface area (Å²) in [5.41, 5.74) is 0. The number of benzene rings is 1. The summed E-state index contributed by atoms with van der Waals surface area (Å²) in [6.07, 6.45) is 1.34.